The molecule has 1 aliphatic rings. The summed E-state index contributed by atoms with van der Waals surface area (Å²) in [7, 11) is 0. The first-order chi connectivity index (χ1) is 10.6. The second-order valence-corrected chi connectivity index (χ2v) is 5.54. The monoisotopic (exact) mass is 303 g/mol. The molecule has 1 aromatic heterocycles. The lowest BCUT2D eigenvalue weighted by atomic mass is 10.1. The van der Waals surface area contributed by atoms with Crippen LogP contribution < -0.4 is 10.2 Å². The van der Waals surface area contributed by atoms with Gasteiger partial charge in [-0.15, -0.1) is 0 Å². The average molecular weight is 303 g/mol. The number of aryl methyl sites for hydroxylation is 1. The van der Waals surface area contributed by atoms with Gasteiger partial charge in [-0.2, -0.15) is 0 Å². The first-order valence-electron chi connectivity index (χ1n) is 7.32. The maximum absolute atomic E-state index is 12.9. The fourth-order valence-corrected chi connectivity index (χ4v) is 2.73. The molecule has 1 atom stereocenters. The molecule has 0 bridgehead atoms. The van der Waals surface area contributed by atoms with Crippen LogP contribution in [0, 0.1) is 18.7 Å². The van der Waals surface area contributed by atoms with Crippen LogP contribution in [0.3, 0.4) is 0 Å². The maximum Gasteiger partial charge on any atom is 0.273 e. The van der Waals surface area contributed by atoms with E-state index < -0.39 is 0 Å². The molecule has 22 heavy (non-hydrogen) atoms. The molecule has 6 heteroatoms. The maximum atomic E-state index is 12.9. The Balaban J connectivity index is 1.52. The summed E-state index contributed by atoms with van der Waals surface area (Å²) in [4.78, 5) is 18.1. The second kappa shape index (κ2) is 6.17. The van der Waals surface area contributed by atoms with Crippen molar-refractivity contribution in [1.82, 2.24) is 10.3 Å². The minimum absolute atomic E-state index is 0.202. The summed E-state index contributed by atoms with van der Waals surface area (Å²) in [6.45, 7) is 4.08. The molecule has 1 N–H and O–H groups in total. The number of amides is 1. The predicted octanol–water partition coefficient (Wildman–Crippen LogP) is 2.38. The van der Waals surface area contributed by atoms with E-state index in [1.165, 1.54) is 18.5 Å². The van der Waals surface area contributed by atoms with Crippen molar-refractivity contribution >= 4 is 11.6 Å². The van der Waals surface area contributed by atoms with Gasteiger partial charge in [0.25, 0.3) is 5.91 Å². The van der Waals surface area contributed by atoms with Crippen LogP contribution in [0.4, 0.5) is 10.1 Å². The standard InChI is InChI=1S/C16H18FN3O2/c1-11-15(19-10-22-11)16(21)18-8-12-6-7-20(9-12)14-4-2-13(17)3-5-14/h2-5,10,12H,6-9H2,1H3,(H,18,21)/t12-/m0/s1. The number of hydrogen-bond acceptors (Lipinski definition) is 4. The summed E-state index contributed by atoms with van der Waals surface area (Å²) in [5.41, 5.74) is 1.36. The third-order valence-corrected chi connectivity index (χ3v) is 3.99. The van der Waals surface area contributed by atoms with Gasteiger partial charge in [-0.3, -0.25) is 4.79 Å². The van der Waals surface area contributed by atoms with Crippen molar-refractivity contribution in [1.29, 1.82) is 0 Å². The summed E-state index contributed by atoms with van der Waals surface area (Å²) in [5, 5.41) is 2.90. The van der Waals surface area contributed by atoms with Crippen molar-refractivity contribution in [2.24, 2.45) is 5.92 Å². The van der Waals surface area contributed by atoms with Crippen LogP contribution in [0.5, 0.6) is 0 Å². The van der Waals surface area contributed by atoms with Gasteiger partial charge in [-0.1, -0.05) is 0 Å². The van der Waals surface area contributed by atoms with Crippen LogP contribution in [0.2, 0.25) is 0 Å². The minimum Gasteiger partial charge on any atom is -0.448 e. The van der Waals surface area contributed by atoms with Gasteiger partial charge in [-0.05, 0) is 43.5 Å². The normalized spacial score (nSPS) is 17.7. The van der Waals surface area contributed by atoms with Crippen LogP contribution >= 0.6 is 0 Å². The molecule has 0 spiro atoms. The molecule has 2 heterocycles. The Kier molecular flexibility index (Phi) is 4.09. The van der Waals surface area contributed by atoms with Crippen molar-refractivity contribution < 1.29 is 13.6 Å². The molecule has 0 aliphatic carbocycles. The van der Waals surface area contributed by atoms with E-state index in [2.05, 4.69) is 15.2 Å². The number of nitrogens with one attached hydrogen (secondary N) is 1. The number of halogens is 1. The first-order valence-corrected chi connectivity index (χ1v) is 7.32. The molecule has 5 nitrogen and oxygen atoms in total. The third-order valence-electron chi connectivity index (χ3n) is 3.99. The third kappa shape index (κ3) is 3.10. The molecular formula is C16H18FN3O2. The highest BCUT2D eigenvalue weighted by molar-refractivity contribution is 5.93. The zero-order valence-electron chi connectivity index (χ0n) is 12.4. The highest BCUT2D eigenvalue weighted by Crippen LogP contribution is 2.23. The highest BCUT2D eigenvalue weighted by Gasteiger charge is 2.24. The summed E-state index contributed by atoms with van der Waals surface area (Å²) in [5.74, 6) is 0.472. The molecule has 116 valence electrons. The van der Waals surface area contributed by atoms with Crippen LogP contribution in [-0.2, 0) is 0 Å². The smallest absolute Gasteiger partial charge is 0.273 e. The number of anilines is 1. The van der Waals surface area contributed by atoms with E-state index in [0.717, 1.165) is 25.2 Å². The summed E-state index contributed by atoms with van der Waals surface area (Å²) in [6.07, 6.45) is 2.27. The molecule has 0 radical (unpaired) electrons. The molecule has 0 saturated carbocycles. The van der Waals surface area contributed by atoms with Gasteiger partial charge < -0.3 is 14.6 Å². The van der Waals surface area contributed by atoms with Crippen LogP contribution in [0.1, 0.15) is 22.7 Å². The lowest BCUT2D eigenvalue weighted by Crippen LogP contribution is -2.31. The van der Waals surface area contributed by atoms with Gasteiger partial charge in [0, 0.05) is 25.3 Å². The number of nitrogens with zero attached hydrogens (tertiary/aromatic N) is 2. The van der Waals surface area contributed by atoms with Crippen molar-refractivity contribution in [2.45, 2.75) is 13.3 Å². The first kappa shape index (κ1) is 14.6. The summed E-state index contributed by atoms with van der Waals surface area (Å²) >= 11 is 0. The fourth-order valence-electron chi connectivity index (χ4n) is 2.73. The van der Waals surface area contributed by atoms with E-state index in [1.807, 2.05) is 0 Å². The summed E-state index contributed by atoms with van der Waals surface area (Å²) < 4.78 is 18.0. The molecule has 1 aromatic carbocycles. The number of oxazole rings is 1. The van der Waals surface area contributed by atoms with Crippen LogP contribution in [0.25, 0.3) is 0 Å². The fraction of sp³-hybridized carbons (Fsp3) is 0.375. The van der Waals surface area contributed by atoms with Gasteiger partial charge in [0.15, 0.2) is 12.1 Å². The van der Waals surface area contributed by atoms with E-state index in [9.17, 15) is 9.18 Å². The average Bonchev–Trinajstić information content (AvgIpc) is 3.14. The Hall–Kier alpha value is -2.37. The van der Waals surface area contributed by atoms with E-state index in [1.54, 1.807) is 19.1 Å². The Morgan fingerprint density at radius 1 is 1.45 bits per heavy atom. The zero-order chi connectivity index (χ0) is 15.5. The van der Waals surface area contributed by atoms with Crippen molar-refractivity contribution in [3.05, 3.63) is 47.9 Å². The Bertz CT molecular complexity index is 654. The van der Waals surface area contributed by atoms with Crippen LogP contribution in [0.15, 0.2) is 35.1 Å². The zero-order valence-corrected chi connectivity index (χ0v) is 12.4. The lowest BCUT2D eigenvalue weighted by Gasteiger charge is -2.18. The van der Waals surface area contributed by atoms with Gasteiger partial charge >= 0.3 is 0 Å². The number of carbonyl (C=O) groups is 1. The molecule has 1 amide bonds. The number of carbonyl (C=O) groups excluding carboxylic acids is 1. The lowest BCUT2D eigenvalue weighted by molar-refractivity contribution is 0.0942. The van der Waals surface area contributed by atoms with Crippen molar-refractivity contribution in [3.63, 3.8) is 0 Å². The second-order valence-electron chi connectivity index (χ2n) is 5.54. The minimum atomic E-state index is -0.227. The van der Waals surface area contributed by atoms with E-state index in [4.69, 9.17) is 4.42 Å². The van der Waals surface area contributed by atoms with Gasteiger partial charge in [-0.25, -0.2) is 9.37 Å². The van der Waals surface area contributed by atoms with Crippen molar-refractivity contribution in [2.75, 3.05) is 24.5 Å². The molecule has 2 aromatic rings. The molecule has 1 saturated heterocycles. The molecule has 0 unspecified atom stereocenters. The number of benzene rings is 1. The highest BCUT2D eigenvalue weighted by atomic mass is 19.1. The SMILES string of the molecule is Cc1ocnc1C(=O)NC[C@@H]1CCN(c2ccc(F)cc2)C1. The molecule has 1 fully saturated rings. The van der Waals surface area contributed by atoms with E-state index in [-0.39, 0.29) is 11.7 Å². The van der Waals surface area contributed by atoms with E-state index in [0.29, 0.717) is 23.9 Å². The topological polar surface area (TPSA) is 58.4 Å². The molecule has 3 rings (SSSR count). The number of hydrogen-bond donors (Lipinski definition) is 1. The Morgan fingerprint density at radius 3 is 2.91 bits per heavy atom. The van der Waals surface area contributed by atoms with Gasteiger partial charge in [0.2, 0.25) is 0 Å². The summed E-state index contributed by atoms with van der Waals surface area (Å²) in [6, 6.07) is 6.51. The quantitative estimate of drug-likeness (QED) is 0.942. The predicted molar refractivity (Wildman–Crippen MR) is 80.3 cm³/mol. The largest absolute Gasteiger partial charge is 0.448 e. The number of rotatable bonds is 4. The molecule has 1 aliphatic heterocycles. The molecular weight excluding hydrogens is 285 g/mol. The van der Waals surface area contributed by atoms with Crippen molar-refractivity contribution in [3.8, 4) is 0 Å². The van der Waals surface area contributed by atoms with Gasteiger partial charge in [0.05, 0.1) is 0 Å². The van der Waals surface area contributed by atoms with E-state index >= 15 is 0 Å². The Morgan fingerprint density at radius 2 is 2.23 bits per heavy atom. The van der Waals surface area contributed by atoms with Crippen LogP contribution in [-0.4, -0.2) is 30.5 Å². The Labute approximate surface area is 128 Å². The van der Waals surface area contributed by atoms with Gasteiger partial charge in [0.1, 0.15) is 11.6 Å². The number of aromatic nitrogens is 1.